The normalized spacial score (nSPS) is 40.4. The molecule has 98 valence electrons. The second kappa shape index (κ2) is 4.87. The summed E-state index contributed by atoms with van der Waals surface area (Å²) in [6, 6.07) is 0.622. The molecule has 1 heterocycles. The number of hydrogen-bond acceptors (Lipinski definition) is 3. The van der Waals surface area contributed by atoms with E-state index in [0.717, 1.165) is 26.0 Å². The fourth-order valence-corrected chi connectivity index (χ4v) is 3.69. The third kappa shape index (κ3) is 2.51. The SMILES string of the molecule is OC1CCCC1CNC1CCOC2(CCC2)C1. The van der Waals surface area contributed by atoms with Gasteiger partial charge in [0.1, 0.15) is 0 Å². The van der Waals surface area contributed by atoms with Crippen LogP contribution in [0.4, 0.5) is 0 Å². The molecule has 1 saturated heterocycles. The van der Waals surface area contributed by atoms with Gasteiger partial charge in [-0.25, -0.2) is 0 Å². The first-order valence-electron chi connectivity index (χ1n) is 7.33. The highest BCUT2D eigenvalue weighted by Crippen LogP contribution is 2.42. The van der Waals surface area contributed by atoms with Crippen LogP contribution in [0.15, 0.2) is 0 Å². The minimum absolute atomic E-state index is 0.0556. The van der Waals surface area contributed by atoms with Gasteiger partial charge in [-0.3, -0.25) is 0 Å². The molecule has 3 rings (SSSR count). The van der Waals surface area contributed by atoms with Crippen LogP contribution < -0.4 is 5.32 Å². The van der Waals surface area contributed by atoms with Crippen molar-refractivity contribution in [2.45, 2.75) is 69.1 Å². The standard InChI is InChI=1S/C14H25NO2/c16-13-4-1-3-11(13)10-15-12-5-8-17-14(9-12)6-2-7-14/h11-13,15-16H,1-10H2. The van der Waals surface area contributed by atoms with E-state index in [0.29, 0.717) is 12.0 Å². The Kier molecular flexibility index (Phi) is 3.42. The van der Waals surface area contributed by atoms with Crippen molar-refractivity contribution in [3.05, 3.63) is 0 Å². The quantitative estimate of drug-likeness (QED) is 0.789. The average Bonchev–Trinajstić information content (AvgIpc) is 2.71. The first-order chi connectivity index (χ1) is 8.27. The Hall–Kier alpha value is -0.120. The van der Waals surface area contributed by atoms with Gasteiger partial charge < -0.3 is 15.2 Å². The minimum atomic E-state index is -0.0556. The van der Waals surface area contributed by atoms with Gasteiger partial charge >= 0.3 is 0 Å². The van der Waals surface area contributed by atoms with Gasteiger partial charge in [-0.15, -0.1) is 0 Å². The first-order valence-corrected chi connectivity index (χ1v) is 7.33. The molecular formula is C14H25NO2. The number of aliphatic hydroxyl groups excluding tert-OH is 1. The summed E-state index contributed by atoms with van der Waals surface area (Å²) in [6.07, 6.45) is 9.54. The van der Waals surface area contributed by atoms with Crippen LogP contribution in [0.1, 0.15) is 51.4 Å². The van der Waals surface area contributed by atoms with Gasteiger partial charge in [0.25, 0.3) is 0 Å². The summed E-state index contributed by atoms with van der Waals surface area (Å²) < 4.78 is 5.94. The summed E-state index contributed by atoms with van der Waals surface area (Å²) in [4.78, 5) is 0. The molecule has 1 spiro atoms. The Morgan fingerprint density at radius 3 is 2.71 bits per heavy atom. The van der Waals surface area contributed by atoms with Crippen LogP contribution in [0.3, 0.4) is 0 Å². The summed E-state index contributed by atoms with van der Waals surface area (Å²) in [5, 5.41) is 13.5. The Bertz CT molecular complexity index is 265. The van der Waals surface area contributed by atoms with E-state index in [1.54, 1.807) is 0 Å². The lowest BCUT2D eigenvalue weighted by Crippen LogP contribution is -2.51. The van der Waals surface area contributed by atoms with Crippen LogP contribution in [-0.2, 0) is 4.74 Å². The van der Waals surface area contributed by atoms with Crippen molar-refractivity contribution in [3.8, 4) is 0 Å². The van der Waals surface area contributed by atoms with Crippen molar-refractivity contribution in [2.75, 3.05) is 13.2 Å². The maximum atomic E-state index is 9.81. The summed E-state index contributed by atoms with van der Waals surface area (Å²) in [5.41, 5.74) is 0.240. The summed E-state index contributed by atoms with van der Waals surface area (Å²) in [7, 11) is 0. The van der Waals surface area contributed by atoms with Gasteiger partial charge in [-0.1, -0.05) is 6.42 Å². The largest absolute Gasteiger partial charge is 0.393 e. The zero-order valence-electron chi connectivity index (χ0n) is 10.7. The van der Waals surface area contributed by atoms with Gasteiger partial charge in [0, 0.05) is 19.2 Å². The summed E-state index contributed by atoms with van der Waals surface area (Å²) in [5.74, 6) is 0.496. The van der Waals surface area contributed by atoms with Crippen LogP contribution in [-0.4, -0.2) is 36.0 Å². The second-order valence-corrected chi connectivity index (χ2v) is 6.24. The van der Waals surface area contributed by atoms with E-state index in [-0.39, 0.29) is 11.7 Å². The van der Waals surface area contributed by atoms with Gasteiger partial charge in [0.15, 0.2) is 0 Å². The van der Waals surface area contributed by atoms with E-state index < -0.39 is 0 Å². The van der Waals surface area contributed by atoms with Crippen molar-refractivity contribution in [1.82, 2.24) is 5.32 Å². The van der Waals surface area contributed by atoms with Crippen LogP contribution in [0.2, 0.25) is 0 Å². The van der Waals surface area contributed by atoms with Crippen LogP contribution in [0, 0.1) is 5.92 Å². The molecule has 3 aliphatic rings. The van der Waals surface area contributed by atoms with Crippen LogP contribution in [0.5, 0.6) is 0 Å². The molecule has 3 heteroatoms. The highest BCUT2D eigenvalue weighted by molar-refractivity contribution is 4.96. The van der Waals surface area contributed by atoms with Crippen molar-refractivity contribution in [3.63, 3.8) is 0 Å². The zero-order chi connectivity index (χ0) is 11.7. The summed E-state index contributed by atoms with van der Waals surface area (Å²) in [6.45, 7) is 1.92. The van der Waals surface area contributed by atoms with Gasteiger partial charge in [-0.2, -0.15) is 0 Å². The van der Waals surface area contributed by atoms with Crippen LogP contribution in [0.25, 0.3) is 0 Å². The molecule has 3 atom stereocenters. The maximum absolute atomic E-state index is 9.81. The highest BCUT2D eigenvalue weighted by atomic mass is 16.5. The van der Waals surface area contributed by atoms with E-state index in [4.69, 9.17) is 4.74 Å². The predicted molar refractivity (Wildman–Crippen MR) is 66.9 cm³/mol. The maximum Gasteiger partial charge on any atom is 0.0697 e. The van der Waals surface area contributed by atoms with E-state index in [9.17, 15) is 5.11 Å². The first kappa shape index (κ1) is 11.9. The Labute approximate surface area is 104 Å². The molecule has 0 amide bonds. The fraction of sp³-hybridized carbons (Fsp3) is 1.00. The number of nitrogens with one attached hydrogen (secondary N) is 1. The lowest BCUT2D eigenvalue weighted by Gasteiger charge is -2.47. The molecular weight excluding hydrogens is 214 g/mol. The molecule has 0 aromatic heterocycles. The number of aliphatic hydroxyl groups is 1. The van der Waals surface area contributed by atoms with E-state index in [1.165, 1.54) is 38.5 Å². The van der Waals surface area contributed by atoms with Crippen LogP contribution >= 0.6 is 0 Å². The van der Waals surface area contributed by atoms with Crippen molar-refractivity contribution in [1.29, 1.82) is 0 Å². The highest BCUT2D eigenvalue weighted by Gasteiger charge is 2.42. The molecule has 1 aliphatic heterocycles. The monoisotopic (exact) mass is 239 g/mol. The average molecular weight is 239 g/mol. The van der Waals surface area contributed by atoms with Gasteiger partial charge in [-0.05, 0) is 50.9 Å². The Balaban J connectivity index is 1.45. The molecule has 2 N–H and O–H groups in total. The smallest absolute Gasteiger partial charge is 0.0697 e. The number of rotatable bonds is 3. The fourth-order valence-electron chi connectivity index (χ4n) is 3.69. The zero-order valence-corrected chi connectivity index (χ0v) is 10.7. The number of ether oxygens (including phenoxy) is 1. The van der Waals surface area contributed by atoms with E-state index in [2.05, 4.69) is 5.32 Å². The van der Waals surface area contributed by atoms with Crippen molar-refractivity contribution >= 4 is 0 Å². The molecule has 0 radical (unpaired) electrons. The number of hydrogen-bond donors (Lipinski definition) is 2. The molecule has 0 aromatic rings. The molecule has 17 heavy (non-hydrogen) atoms. The lowest BCUT2D eigenvalue weighted by atomic mass is 9.74. The third-order valence-electron chi connectivity index (χ3n) is 5.05. The molecule has 2 saturated carbocycles. The molecule has 3 nitrogen and oxygen atoms in total. The molecule has 0 bridgehead atoms. The van der Waals surface area contributed by atoms with Crippen molar-refractivity contribution in [2.24, 2.45) is 5.92 Å². The minimum Gasteiger partial charge on any atom is -0.393 e. The predicted octanol–water partition coefficient (Wildman–Crippen LogP) is 1.84. The second-order valence-electron chi connectivity index (χ2n) is 6.24. The molecule has 0 aromatic carbocycles. The van der Waals surface area contributed by atoms with E-state index in [1.807, 2.05) is 0 Å². The van der Waals surface area contributed by atoms with Gasteiger partial charge in [0.2, 0.25) is 0 Å². The molecule has 2 aliphatic carbocycles. The van der Waals surface area contributed by atoms with Gasteiger partial charge in [0.05, 0.1) is 11.7 Å². The van der Waals surface area contributed by atoms with E-state index >= 15 is 0 Å². The molecule has 3 fully saturated rings. The molecule has 3 unspecified atom stereocenters. The Morgan fingerprint density at radius 2 is 2.06 bits per heavy atom. The lowest BCUT2D eigenvalue weighted by molar-refractivity contribution is -0.135. The Morgan fingerprint density at radius 1 is 1.18 bits per heavy atom. The van der Waals surface area contributed by atoms with Crippen molar-refractivity contribution < 1.29 is 9.84 Å². The third-order valence-corrected chi connectivity index (χ3v) is 5.05. The topological polar surface area (TPSA) is 41.5 Å². The summed E-state index contributed by atoms with van der Waals surface area (Å²) >= 11 is 0.